The fourth-order valence-electron chi connectivity index (χ4n) is 13.3. The first kappa shape index (κ1) is 50.5. The zero-order chi connectivity index (χ0) is 55.5. The van der Waals surface area contributed by atoms with Crippen LogP contribution >= 0.6 is 0 Å². The van der Waals surface area contributed by atoms with Gasteiger partial charge < -0.3 is 18.9 Å². The van der Waals surface area contributed by atoms with Gasteiger partial charge in [-0.1, -0.05) is 167 Å². The number of hydrogen-bond donors (Lipinski definition) is 0. The summed E-state index contributed by atoms with van der Waals surface area (Å²) >= 11 is 0. The minimum absolute atomic E-state index is 0.00134. The molecule has 5 heterocycles. The minimum Gasteiger partial charge on any atom is -0.311 e. The van der Waals surface area contributed by atoms with Gasteiger partial charge in [-0.2, -0.15) is 0 Å². The molecule has 0 fully saturated rings. The molecule has 0 unspecified atom stereocenters. The van der Waals surface area contributed by atoms with E-state index in [1.807, 2.05) is 0 Å². The van der Waals surface area contributed by atoms with Crippen LogP contribution in [0.2, 0.25) is 0 Å². The summed E-state index contributed by atoms with van der Waals surface area (Å²) in [5.74, 6) is 0. The fourth-order valence-corrected chi connectivity index (χ4v) is 13.3. The van der Waals surface area contributed by atoms with Gasteiger partial charge in [0, 0.05) is 50.0 Å². The Hall–Kier alpha value is -6.98. The summed E-state index contributed by atoms with van der Waals surface area (Å²) in [5, 5.41) is 5.25. The van der Waals surface area contributed by atoms with Gasteiger partial charge in [-0.25, -0.2) is 0 Å². The van der Waals surface area contributed by atoms with Crippen molar-refractivity contribution in [3.8, 4) is 11.4 Å². The molecule has 13 rings (SSSR count). The van der Waals surface area contributed by atoms with Crippen molar-refractivity contribution >= 4 is 101 Å². The summed E-state index contributed by atoms with van der Waals surface area (Å²) in [6.45, 7) is 44.5. The molecule has 394 valence electrons. The average molecular weight is 1020 g/mol. The van der Waals surface area contributed by atoms with E-state index in [2.05, 4.69) is 284 Å². The third-order valence-electron chi connectivity index (χ3n) is 17.9. The highest BCUT2D eigenvalue weighted by molar-refractivity contribution is 7.00. The zero-order valence-corrected chi connectivity index (χ0v) is 50.1. The second-order valence-electron chi connectivity index (χ2n) is 29.8. The number of fused-ring (bicyclic) bond motifs is 12. The van der Waals surface area contributed by atoms with Gasteiger partial charge in [0.15, 0.2) is 0 Å². The molecule has 0 saturated heterocycles. The lowest BCUT2D eigenvalue weighted by Gasteiger charge is -2.47. The van der Waals surface area contributed by atoms with E-state index in [1.54, 1.807) is 0 Å². The van der Waals surface area contributed by atoms with Crippen LogP contribution in [0.3, 0.4) is 0 Å². The number of aromatic nitrogens is 2. The molecule has 8 aromatic carbocycles. The van der Waals surface area contributed by atoms with E-state index < -0.39 is 0 Å². The van der Waals surface area contributed by atoms with E-state index in [-0.39, 0.29) is 39.2 Å². The maximum Gasteiger partial charge on any atom is 0.252 e. The standard InChI is InChI=1S/C73H79BN4/c1-42-32-61-65-62(33-42)78-63-39-47(72(14,15)16)37-54-53-36-46(71(11,12)13)24-31-59(53)77(66(54)63)64-40-48(73(17,18)19)38-56(67(64)78)74(65)55-28-27-50(41-60(55)75(61)49-25-20-43(21-26-49)68(2,3)4)76-57-29-22-44(69(5,6)7)34-51(57)52-35-45(70(8,9)10)23-30-58(52)76/h20-41H,1-19H3. The van der Waals surface area contributed by atoms with Crippen molar-refractivity contribution in [3.63, 3.8) is 0 Å². The van der Waals surface area contributed by atoms with Gasteiger partial charge in [0.1, 0.15) is 0 Å². The summed E-state index contributed by atoms with van der Waals surface area (Å²) < 4.78 is 5.20. The first-order chi connectivity index (χ1) is 36.4. The molecular formula is C73H79BN4. The Labute approximate surface area is 465 Å². The lowest BCUT2D eigenvalue weighted by molar-refractivity contribution is 0.590. The van der Waals surface area contributed by atoms with Crippen molar-refractivity contribution in [3.05, 3.63) is 172 Å². The van der Waals surface area contributed by atoms with Crippen molar-refractivity contribution in [2.45, 2.75) is 164 Å². The van der Waals surface area contributed by atoms with E-state index in [1.165, 1.54) is 139 Å². The molecule has 0 saturated carbocycles. The molecule has 0 spiro atoms. The van der Waals surface area contributed by atoms with E-state index in [9.17, 15) is 0 Å². The highest BCUT2D eigenvalue weighted by Crippen LogP contribution is 2.55. The molecule has 0 atom stereocenters. The Bertz CT molecular complexity index is 4140. The second kappa shape index (κ2) is 16.1. The van der Waals surface area contributed by atoms with Gasteiger partial charge in [-0.05, 0) is 186 Å². The Balaban J connectivity index is 1.15. The van der Waals surface area contributed by atoms with Crippen LogP contribution in [0.5, 0.6) is 0 Å². The Morgan fingerprint density at radius 1 is 0.308 bits per heavy atom. The van der Waals surface area contributed by atoms with Crippen LogP contribution in [-0.4, -0.2) is 15.8 Å². The lowest BCUT2D eigenvalue weighted by Crippen LogP contribution is -2.62. The molecule has 2 aromatic heterocycles. The van der Waals surface area contributed by atoms with Crippen LogP contribution < -0.4 is 26.2 Å². The SMILES string of the molecule is Cc1cc2c3c(c1)N1c4c(cc(C(C)(C)C)cc4-n4c5ccc(C(C)(C)C)cc5c5cc(C(C)(C)C)cc1c54)B3c1ccc(-n3c4ccc(C(C)(C)C)cc4c4cc(C(C)(C)C)ccc43)cc1N2c1ccc(C(C)(C)C)cc1. The molecule has 0 radical (unpaired) electrons. The zero-order valence-electron chi connectivity index (χ0n) is 50.1. The molecule has 0 aliphatic carbocycles. The van der Waals surface area contributed by atoms with Gasteiger partial charge in [0.25, 0.3) is 6.71 Å². The number of aryl methyl sites for hydroxylation is 1. The highest BCUT2D eigenvalue weighted by Gasteiger charge is 2.47. The Morgan fingerprint density at radius 2 is 0.731 bits per heavy atom. The predicted molar refractivity (Wildman–Crippen MR) is 340 cm³/mol. The van der Waals surface area contributed by atoms with Crippen molar-refractivity contribution in [1.82, 2.24) is 9.13 Å². The van der Waals surface area contributed by atoms with E-state index in [0.717, 1.165) is 5.69 Å². The van der Waals surface area contributed by atoms with Gasteiger partial charge in [-0.3, -0.25) is 0 Å². The molecule has 0 bridgehead atoms. The number of anilines is 6. The average Bonchev–Trinajstić information content (AvgIpc) is 2.16. The monoisotopic (exact) mass is 1020 g/mol. The predicted octanol–water partition coefficient (Wildman–Crippen LogP) is 18.4. The normalized spacial score (nSPS) is 14.5. The van der Waals surface area contributed by atoms with E-state index >= 15 is 0 Å². The topological polar surface area (TPSA) is 16.3 Å². The lowest BCUT2D eigenvalue weighted by atomic mass is 9.33. The Morgan fingerprint density at radius 3 is 1.24 bits per heavy atom. The van der Waals surface area contributed by atoms with Crippen LogP contribution in [0.1, 0.15) is 164 Å². The summed E-state index contributed by atoms with van der Waals surface area (Å²) in [6.07, 6.45) is 0. The molecular weight excluding hydrogens is 944 g/mol. The van der Waals surface area contributed by atoms with Crippen LogP contribution in [0, 0.1) is 6.92 Å². The molecule has 10 aromatic rings. The maximum absolute atomic E-state index is 2.70. The summed E-state index contributed by atoms with van der Waals surface area (Å²) in [6, 6.07) is 53.8. The molecule has 4 nitrogen and oxygen atoms in total. The third-order valence-corrected chi connectivity index (χ3v) is 17.9. The van der Waals surface area contributed by atoms with E-state index in [4.69, 9.17) is 0 Å². The van der Waals surface area contributed by atoms with Gasteiger partial charge in [0.2, 0.25) is 0 Å². The number of benzene rings is 8. The molecule has 0 N–H and O–H groups in total. The van der Waals surface area contributed by atoms with Gasteiger partial charge >= 0.3 is 0 Å². The number of rotatable bonds is 2. The fraction of sp³-hybridized carbons (Fsp3) is 0.342. The minimum atomic E-state index is -0.122. The number of hydrogen-bond acceptors (Lipinski definition) is 2. The maximum atomic E-state index is 2.70. The first-order valence-electron chi connectivity index (χ1n) is 28.8. The summed E-state index contributed by atoms with van der Waals surface area (Å²) in [7, 11) is 0. The highest BCUT2D eigenvalue weighted by atomic mass is 15.2. The molecule has 78 heavy (non-hydrogen) atoms. The third kappa shape index (κ3) is 7.45. The Kier molecular flexibility index (Phi) is 10.4. The van der Waals surface area contributed by atoms with Crippen LogP contribution in [0.15, 0.2) is 133 Å². The second-order valence-corrected chi connectivity index (χ2v) is 29.8. The summed E-state index contributed by atoms with van der Waals surface area (Å²) in [5.41, 5.74) is 28.1. The van der Waals surface area contributed by atoms with Crippen molar-refractivity contribution in [2.24, 2.45) is 0 Å². The molecule has 3 aliphatic rings. The van der Waals surface area contributed by atoms with Crippen LogP contribution in [0.25, 0.3) is 55.0 Å². The quantitative estimate of drug-likeness (QED) is 0.160. The van der Waals surface area contributed by atoms with Crippen molar-refractivity contribution < 1.29 is 0 Å². The molecule has 5 heteroatoms. The van der Waals surface area contributed by atoms with Crippen LogP contribution in [-0.2, 0) is 32.5 Å². The van der Waals surface area contributed by atoms with Crippen molar-refractivity contribution in [2.75, 3.05) is 9.80 Å². The van der Waals surface area contributed by atoms with Crippen molar-refractivity contribution in [1.29, 1.82) is 0 Å². The van der Waals surface area contributed by atoms with Gasteiger partial charge in [-0.15, -0.1) is 0 Å². The number of nitrogens with zero attached hydrogens (tertiary/aromatic N) is 4. The van der Waals surface area contributed by atoms with E-state index in [0.29, 0.717) is 0 Å². The molecule has 0 amide bonds. The summed E-state index contributed by atoms with van der Waals surface area (Å²) in [4.78, 5) is 5.32. The van der Waals surface area contributed by atoms with Gasteiger partial charge in [0.05, 0.1) is 39.1 Å². The van der Waals surface area contributed by atoms with Crippen LogP contribution in [0.4, 0.5) is 34.1 Å². The largest absolute Gasteiger partial charge is 0.311 e. The smallest absolute Gasteiger partial charge is 0.252 e. The first-order valence-corrected chi connectivity index (χ1v) is 28.8. The molecule has 3 aliphatic heterocycles.